The Hall–Kier alpha value is -1.99. The number of rotatable bonds is 6. The Morgan fingerprint density at radius 2 is 2.32 bits per heavy atom. The van der Waals surface area contributed by atoms with E-state index in [9.17, 15) is 4.79 Å². The monoisotopic (exact) mass is 332 g/mol. The van der Waals surface area contributed by atoms with Gasteiger partial charge < -0.3 is 5.32 Å². The highest BCUT2D eigenvalue weighted by Gasteiger charge is 2.10. The molecule has 0 radical (unpaired) electrons. The van der Waals surface area contributed by atoms with Crippen LogP contribution in [0.4, 0.5) is 0 Å². The van der Waals surface area contributed by atoms with E-state index in [-0.39, 0.29) is 5.91 Å². The average molecular weight is 332 g/mol. The van der Waals surface area contributed by atoms with Crippen LogP contribution in [-0.4, -0.2) is 21.1 Å². The van der Waals surface area contributed by atoms with Crippen molar-refractivity contribution in [2.24, 2.45) is 0 Å². The number of aryl methyl sites for hydroxylation is 2. The highest BCUT2D eigenvalue weighted by molar-refractivity contribution is 7.13. The minimum atomic E-state index is 0.0473. The molecule has 0 fully saturated rings. The normalized spacial score (nSPS) is 10.8. The maximum absolute atomic E-state index is 12.0. The molecule has 114 valence electrons. The van der Waals surface area contributed by atoms with Crippen LogP contribution in [0, 0.1) is 6.92 Å². The van der Waals surface area contributed by atoms with Crippen LogP contribution < -0.4 is 5.32 Å². The first-order valence-corrected chi connectivity index (χ1v) is 8.71. The van der Waals surface area contributed by atoms with Gasteiger partial charge in [0.25, 0.3) is 0 Å². The van der Waals surface area contributed by atoms with Gasteiger partial charge in [-0.15, -0.1) is 22.7 Å². The molecule has 1 amide bonds. The van der Waals surface area contributed by atoms with Gasteiger partial charge in [0.05, 0.1) is 28.0 Å². The van der Waals surface area contributed by atoms with Crippen LogP contribution >= 0.6 is 22.7 Å². The molecule has 0 aromatic carbocycles. The molecule has 0 saturated carbocycles. The number of thiazole rings is 1. The van der Waals surface area contributed by atoms with Gasteiger partial charge in [-0.1, -0.05) is 6.07 Å². The van der Waals surface area contributed by atoms with Gasteiger partial charge in [-0.05, 0) is 24.8 Å². The summed E-state index contributed by atoms with van der Waals surface area (Å²) in [5, 5.41) is 12.1. The SMILES string of the molecule is Cc1ncsc1CCC(=O)NCc1cn[nH]c1-c1cccs1. The molecule has 0 aliphatic carbocycles. The third kappa shape index (κ3) is 3.42. The summed E-state index contributed by atoms with van der Waals surface area (Å²) < 4.78 is 0. The van der Waals surface area contributed by atoms with Gasteiger partial charge >= 0.3 is 0 Å². The number of aromatic nitrogens is 3. The van der Waals surface area contributed by atoms with Crippen molar-refractivity contribution in [1.82, 2.24) is 20.5 Å². The molecule has 7 heteroatoms. The van der Waals surface area contributed by atoms with Crippen LogP contribution in [0.15, 0.2) is 29.2 Å². The van der Waals surface area contributed by atoms with Crippen molar-refractivity contribution >= 4 is 28.6 Å². The van der Waals surface area contributed by atoms with Crippen molar-refractivity contribution in [1.29, 1.82) is 0 Å². The predicted octanol–water partition coefficient (Wildman–Crippen LogP) is 3.15. The van der Waals surface area contributed by atoms with Crippen molar-refractivity contribution in [3.63, 3.8) is 0 Å². The van der Waals surface area contributed by atoms with Gasteiger partial charge in [0.1, 0.15) is 0 Å². The number of carbonyl (C=O) groups is 1. The zero-order valence-corrected chi connectivity index (χ0v) is 13.8. The van der Waals surface area contributed by atoms with Crippen LogP contribution in [0.5, 0.6) is 0 Å². The molecule has 0 aliphatic heterocycles. The van der Waals surface area contributed by atoms with Crippen LogP contribution in [0.3, 0.4) is 0 Å². The van der Waals surface area contributed by atoms with Gasteiger partial charge in [0, 0.05) is 23.4 Å². The maximum Gasteiger partial charge on any atom is 0.220 e. The van der Waals surface area contributed by atoms with E-state index in [1.54, 1.807) is 28.9 Å². The van der Waals surface area contributed by atoms with Gasteiger partial charge in [-0.3, -0.25) is 9.89 Å². The number of nitrogens with one attached hydrogen (secondary N) is 2. The van der Waals surface area contributed by atoms with E-state index in [1.807, 2.05) is 29.9 Å². The standard InChI is InChI=1S/C15H16N4OS2/c1-10-12(22-9-17-10)4-5-14(20)16-7-11-8-18-19-15(11)13-3-2-6-21-13/h2-3,6,8-9H,4-5,7H2,1H3,(H,16,20)(H,18,19). The minimum Gasteiger partial charge on any atom is -0.352 e. The Labute approximate surface area is 136 Å². The zero-order valence-electron chi connectivity index (χ0n) is 12.1. The van der Waals surface area contributed by atoms with Gasteiger partial charge in [-0.25, -0.2) is 4.98 Å². The fraction of sp³-hybridized carbons (Fsp3) is 0.267. The third-order valence-electron chi connectivity index (χ3n) is 3.39. The fourth-order valence-electron chi connectivity index (χ4n) is 2.15. The molecular weight excluding hydrogens is 316 g/mol. The molecule has 0 spiro atoms. The second-order valence-corrected chi connectivity index (χ2v) is 6.77. The van der Waals surface area contributed by atoms with E-state index in [4.69, 9.17) is 0 Å². The van der Waals surface area contributed by atoms with Gasteiger partial charge in [0.15, 0.2) is 0 Å². The van der Waals surface area contributed by atoms with Gasteiger partial charge in [0.2, 0.25) is 5.91 Å². The lowest BCUT2D eigenvalue weighted by molar-refractivity contribution is -0.121. The number of thiophene rings is 1. The van der Waals surface area contributed by atoms with E-state index < -0.39 is 0 Å². The molecule has 3 aromatic rings. The van der Waals surface area contributed by atoms with Crippen LogP contribution in [0.1, 0.15) is 22.6 Å². The molecule has 3 heterocycles. The number of carbonyl (C=O) groups excluding carboxylic acids is 1. The van der Waals surface area contributed by atoms with Gasteiger partial charge in [-0.2, -0.15) is 5.10 Å². The van der Waals surface area contributed by atoms with E-state index >= 15 is 0 Å². The quantitative estimate of drug-likeness (QED) is 0.728. The molecule has 22 heavy (non-hydrogen) atoms. The van der Waals surface area contributed by atoms with Crippen LogP contribution in [0.2, 0.25) is 0 Å². The number of aromatic amines is 1. The molecule has 3 rings (SSSR count). The highest BCUT2D eigenvalue weighted by Crippen LogP contribution is 2.25. The molecule has 0 unspecified atom stereocenters. The second kappa shape index (κ2) is 6.85. The van der Waals surface area contributed by atoms with Crippen LogP contribution in [-0.2, 0) is 17.8 Å². The molecule has 2 N–H and O–H groups in total. The summed E-state index contributed by atoms with van der Waals surface area (Å²) >= 11 is 3.25. The topological polar surface area (TPSA) is 70.7 Å². The van der Waals surface area contributed by atoms with Crippen molar-refractivity contribution in [3.05, 3.63) is 45.4 Å². The predicted molar refractivity (Wildman–Crippen MR) is 88.9 cm³/mol. The average Bonchev–Trinajstić information content (AvgIpc) is 3.24. The molecule has 0 saturated heterocycles. The summed E-state index contributed by atoms with van der Waals surface area (Å²) in [5.41, 5.74) is 4.83. The summed E-state index contributed by atoms with van der Waals surface area (Å²) in [5.74, 6) is 0.0473. The maximum atomic E-state index is 12.0. The van der Waals surface area contributed by atoms with Crippen LogP contribution in [0.25, 0.3) is 10.6 Å². The van der Waals surface area contributed by atoms with E-state index in [2.05, 4.69) is 20.5 Å². The smallest absolute Gasteiger partial charge is 0.220 e. The molecule has 0 aliphatic rings. The van der Waals surface area contributed by atoms with Crippen molar-refractivity contribution < 1.29 is 4.79 Å². The van der Waals surface area contributed by atoms with Crippen molar-refractivity contribution in [2.75, 3.05) is 0 Å². The second-order valence-electron chi connectivity index (χ2n) is 4.89. The Morgan fingerprint density at radius 3 is 3.05 bits per heavy atom. The number of H-pyrrole nitrogens is 1. The minimum absolute atomic E-state index is 0.0473. The lowest BCUT2D eigenvalue weighted by atomic mass is 10.2. The highest BCUT2D eigenvalue weighted by atomic mass is 32.1. The Balaban J connectivity index is 1.54. The summed E-state index contributed by atoms with van der Waals surface area (Å²) in [6.45, 7) is 2.47. The number of amides is 1. The molecular formula is C15H16N4OS2. The number of nitrogens with zero attached hydrogens (tertiary/aromatic N) is 2. The first kappa shape index (κ1) is 14.9. The molecule has 0 bridgehead atoms. The van der Waals surface area contributed by atoms with E-state index in [1.165, 1.54) is 4.88 Å². The lowest BCUT2D eigenvalue weighted by Gasteiger charge is -2.05. The largest absolute Gasteiger partial charge is 0.352 e. The third-order valence-corrected chi connectivity index (χ3v) is 5.27. The summed E-state index contributed by atoms with van der Waals surface area (Å²) in [6.07, 6.45) is 2.99. The van der Waals surface area contributed by atoms with E-state index in [0.717, 1.165) is 28.2 Å². The first-order chi connectivity index (χ1) is 10.7. The Morgan fingerprint density at radius 1 is 1.41 bits per heavy atom. The summed E-state index contributed by atoms with van der Waals surface area (Å²) in [7, 11) is 0. The fourth-order valence-corrected chi connectivity index (χ4v) is 3.69. The molecule has 5 nitrogen and oxygen atoms in total. The van der Waals surface area contributed by atoms with E-state index in [0.29, 0.717) is 13.0 Å². The van der Waals surface area contributed by atoms with Crippen molar-refractivity contribution in [2.45, 2.75) is 26.3 Å². The first-order valence-electron chi connectivity index (χ1n) is 6.96. The summed E-state index contributed by atoms with van der Waals surface area (Å²) in [6, 6.07) is 4.04. The Kier molecular flexibility index (Phi) is 4.65. The summed E-state index contributed by atoms with van der Waals surface area (Å²) in [4.78, 5) is 18.5. The molecule has 3 aromatic heterocycles. The Bertz CT molecular complexity index is 745. The van der Waals surface area contributed by atoms with Crippen molar-refractivity contribution in [3.8, 4) is 10.6 Å². The molecule has 0 atom stereocenters. The zero-order chi connectivity index (χ0) is 15.4. The lowest BCUT2D eigenvalue weighted by Crippen LogP contribution is -2.23. The number of hydrogen-bond donors (Lipinski definition) is 2. The number of hydrogen-bond acceptors (Lipinski definition) is 5.